The Bertz CT molecular complexity index is 1800. The molecule has 0 spiro atoms. The van der Waals surface area contributed by atoms with E-state index in [1.807, 2.05) is 30.3 Å². The molecule has 1 aliphatic heterocycles. The van der Waals surface area contributed by atoms with Crippen LogP contribution in [-0.4, -0.2) is 90.5 Å². The normalized spacial score (nSPS) is 14.7. The van der Waals surface area contributed by atoms with Gasteiger partial charge in [0, 0.05) is 42.9 Å². The molecule has 4 atom stereocenters. The maximum absolute atomic E-state index is 13.5. The van der Waals surface area contributed by atoms with E-state index in [-0.39, 0.29) is 67.7 Å². The Labute approximate surface area is 374 Å². The fourth-order valence-corrected chi connectivity index (χ4v) is 7.71. The summed E-state index contributed by atoms with van der Waals surface area (Å²) in [7, 11) is 0. The Kier molecular flexibility index (Phi) is 23.7. The average molecular weight is 895 g/mol. The summed E-state index contributed by atoms with van der Waals surface area (Å²) < 4.78 is 4.93. The van der Waals surface area contributed by atoms with Crippen LogP contribution in [0.4, 0.5) is 16.2 Å². The lowest BCUT2D eigenvalue weighted by Crippen LogP contribution is -2.54. The van der Waals surface area contributed by atoms with Gasteiger partial charge in [0.15, 0.2) is 0 Å². The third kappa shape index (κ3) is 20.8. The van der Waals surface area contributed by atoms with Crippen molar-refractivity contribution < 1.29 is 43.1 Å². The number of rotatable bonds is 29. The zero-order valence-corrected chi connectivity index (χ0v) is 37.6. The summed E-state index contributed by atoms with van der Waals surface area (Å²) in [4.78, 5) is 100. The molecule has 17 nitrogen and oxygen atoms in total. The van der Waals surface area contributed by atoms with Gasteiger partial charge in [0.1, 0.15) is 24.2 Å². The molecular weight excluding hydrogens is 829 g/mol. The smallest absolute Gasteiger partial charge is 0.312 e. The number of primary amides is 1. The van der Waals surface area contributed by atoms with Crippen LogP contribution in [0, 0.1) is 5.92 Å². The lowest BCUT2D eigenvalue weighted by molar-refractivity contribution is -0.143. The molecule has 0 radical (unpaired) electrons. The number of anilines is 2. The number of nitrogens with one attached hydrogen (secondary N) is 7. The quantitative estimate of drug-likeness (QED) is 0.0422. The van der Waals surface area contributed by atoms with Crippen molar-refractivity contribution in [2.75, 3.05) is 29.5 Å². The van der Waals surface area contributed by atoms with E-state index in [2.05, 4.69) is 37.2 Å². The van der Waals surface area contributed by atoms with Crippen molar-refractivity contribution in [1.82, 2.24) is 26.6 Å². The summed E-state index contributed by atoms with van der Waals surface area (Å²) in [5.41, 5.74) is 7.42. The molecule has 9 N–H and O–H groups in total. The maximum atomic E-state index is 13.5. The van der Waals surface area contributed by atoms with Crippen molar-refractivity contribution >= 4 is 70.6 Å². The van der Waals surface area contributed by atoms with Gasteiger partial charge in [0.25, 0.3) is 0 Å². The number of urea groups is 1. The fraction of sp³-hybridized carbons (Fsp3) is 0.556. The molecule has 3 rings (SSSR count). The fourth-order valence-electron chi connectivity index (χ4n) is 6.73. The molecule has 4 unspecified atom stereocenters. The number of benzene rings is 2. The highest BCUT2D eigenvalue weighted by Crippen LogP contribution is 2.19. The molecule has 2 aromatic carbocycles. The first-order valence-corrected chi connectivity index (χ1v) is 23.1. The highest BCUT2D eigenvalue weighted by atomic mass is 32.2. The molecule has 0 saturated carbocycles. The van der Waals surface area contributed by atoms with E-state index in [0.29, 0.717) is 56.5 Å². The molecule has 346 valence electrons. The number of nitrogens with two attached hydrogens (primary N) is 1. The predicted molar refractivity (Wildman–Crippen MR) is 243 cm³/mol. The van der Waals surface area contributed by atoms with Crippen molar-refractivity contribution in [3.05, 3.63) is 60.2 Å². The summed E-state index contributed by atoms with van der Waals surface area (Å²) in [6.45, 7) is 5.87. The molecule has 1 heterocycles. The van der Waals surface area contributed by atoms with Gasteiger partial charge < -0.3 is 47.7 Å². The number of carbonyl (C=O) groups excluding carboxylic acids is 8. The van der Waals surface area contributed by atoms with E-state index in [1.54, 1.807) is 56.8 Å². The van der Waals surface area contributed by atoms with Crippen LogP contribution in [0.2, 0.25) is 0 Å². The molecule has 1 fully saturated rings. The van der Waals surface area contributed by atoms with Crippen molar-refractivity contribution in [1.29, 1.82) is 0 Å². The number of carbonyl (C=O) groups is 8. The second kappa shape index (κ2) is 28.9. The van der Waals surface area contributed by atoms with Gasteiger partial charge in [-0.2, -0.15) is 11.8 Å². The number of hydrogen-bond donors (Lipinski definition) is 8. The minimum absolute atomic E-state index is 0.175. The van der Waals surface area contributed by atoms with Crippen LogP contribution in [0.1, 0.15) is 110 Å². The van der Waals surface area contributed by atoms with Gasteiger partial charge in [-0.1, -0.05) is 63.4 Å². The average Bonchev–Trinajstić information content (AvgIpc) is 3.69. The number of hydrogen-bond acceptors (Lipinski definition) is 10. The summed E-state index contributed by atoms with van der Waals surface area (Å²) in [6.07, 6.45) is 6.42. The predicted octanol–water partition coefficient (Wildman–Crippen LogP) is 4.41. The number of para-hydroxylation sites is 1. The Morgan fingerprint density at radius 2 is 1.40 bits per heavy atom. The molecule has 63 heavy (non-hydrogen) atoms. The van der Waals surface area contributed by atoms with Crippen LogP contribution in [0.25, 0.3) is 0 Å². The lowest BCUT2D eigenvalue weighted by atomic mass is 10.0. The van der Waals surface area contributed by atoms with E-state index in [1.165, 1.54) is 0 Å². The molecule has 2 aromatic rings. The molecule has 18 heteroatoms. The molecule has 0 aromatic heterocycles. The number of ether oxygens (including phenoxy) is 1. The second-order valence-corrected chi connectivity index (χ2v) is 16.9. The third-order valence-electron chi connectivity index (χ3n) is 10.2. The minimum atomic E-state index is -0.969. The van der Waals surface area contributed by atoms with Crippen molar-refractivity contribution in [2.24, 2.45) is 11.7 Å². The molecule has 1 saturated heterocycles. The maximum Gasteiger partial charge on any atom is 0.312 e. The first-order chi connectivity index (χ1) is 30.2. The third-order valence-corrected chi connectivity index (χ3v) is 11.3. The molecule has 0 bridgehead atoms. The molecular formula is C45H66N8O9S. The highest BCUT2D eigenvalue weighted by molar-refractivity contribution is 7.98. The standard InChI is InChI=1S/C45H66N8O9S/c1-4-62-39(56)20-12-6-11-19-37(54)53-40(30(2)3)44(60)52-35(18-14-27-47-45(46)61)42(58)49-33-23-21-31(22-24-33)29-63-28-13-7-10-17-34(41(57)48-32-15-8-5-9-16-32)51-43(59)36-25-26-38(55)50-36/h5,8-9,15-16,21-24,30,34-36,40H,4,6-7,10-14,17-20,25-29H2,1-3H3,(H,48,57)(H,49,58)(H,50,55)(H,51,59)(H,52,60)(H,53,54)(H3,46,47,61). The van der Waals surface area contributed by atoms with Crippen molar-refractivity contribution in [3.63, 3.8) is 0 Å². The minimum Gasteiger partial charge on any atom is -0.466 e. The van der Waals surface area contributed by atoms with Crippen LogP contribution in [0.15, 0.2) is 54.6 Å². The summed E-state index contributed by atoms with van der Waals surface area (Å²) in [5, 5.41) is 19.3. The summed E-state index contributed by atoms with van der Waals surface area (Å²) in [5.74, 6) is -1.04. The zero-order valence-electron chi connectivity index (χ0n) is 36.8. The number of amides is 8. The highest BCUT2D eigenvalue weighted by Gasteiger charge is 2.31. The Hall–Kier alpha value is -5.65. The molecule has 1 aliphatic rings. The Balaban J connectivity index is 1.46. The second-order valence-electron chi connectivity index (χ2n) is 15.8. The number of esters is 1. The summed E-state index contributed by atoms with van der Waals surface area (Å²) in [6, 6.07) is 12.5. The monoisotopic (exact) mass is 894 g/mol. The van der Waals surface area contributed by atoms with Gasteiger partial charge in [0.05, 0.1) is 6.61 Å². The van der Waals surface area contributed by atoms with Crippen LogP contribution < -0.4 is 43.0 Å². The van der Waals surface area contributed by atoms with Crippen LogP contribution in [0.5, 0.6) is 0 Å². The van der Waals surface area contributed by atoms with Gasteiger partial charge >= 0.3 is 12.0 Å². The Morgan fingerprint density at radius 3 is 2.03 bits per heavy atom. The first-order valence-electron chi connectivity index (χ1n) is 22.0. The largest absolute Gasteiger partial charge is 0.466 e. The van der Waals surface area contributed by atoms with Gasteiger partial charge in [0.2, 0.25) is 35.4 Å². The lowest BCUT2D eigenvalue weighted by Gasteiger charge is -2.25. The van der Waals surface area contributed by atoms with Crippen LogP contribution in [-0.2, 0) is 44.1 Å². The van der Waals surface area contributed by atoms with Gasteiger partial charge in [-0.25, -0.2) is 4.79 Å². The number of thioether (sulfide) groups is 1. The SMILES string of the molecule is CCOC(=O)CCCCCC(=O)NC(C(=O)NC(CCCNC(N)=O)C(=O)Nc1ccc(CSCCCCCC(NC(=O)C2CCC(=O)N2)C(=O)Nc2ccccc2)cc1)C(C)C. The van der Waals surface area contributed by atoms with E-state index >= 15 is 0 Å². The van der Waals surface area contributed by atoms with Crippen LogP contribution >= 0.6 is 11.8 Å². The molecule has 8 amide bonds. The zero-order chi connectivity index (χ0) is 46.0. The topological polar surface area (TPSA) is 256 Å². The van der Waals surface area contributed by atoms with Gasteiger partial charge in [-0.05, 0) is 93.4 Å². The van der Waals surface area contributed by atoms with Gasteiger partial charge in [-0.3, -0.25) is 33.6 Å². The van der Waals surface area contributed by atoms with Crippen LogP contribution in [0.3, 0.4) is 0 Å². The molecule has 0 aliphatic carbocycles. The van der Waals surface area contributed by atoms with E-state index in [0.717, 1.165) is 36.3 Å². The van der Waals surface area contributed by atoms with E-state index in [4.69, 9.17) is 10.5 Å². The first kappa shape index (κ1) is 51.7. The van der Waals surface area contributed by atoms with E-state index in [9.17, 15) is 38.4 Å². The van der Waals surface area contributed by atoms with E-state index < -0.39 is 42.0 Å². The summed E-state index contributed by atoms with van der Waals surface area (Å²) >= 11 is 1.75. The van der Waals surface area contributed by atoms with Crippen molar-refractivity contribution in [2.45, 2.75) is 134 Å². The Morgan fingerprint density at radius 1 is 0.762 bits per heavy atom. The number of unbranched alkanes of at least 4 members (excludes halogenated alkanes) is 4. The van der Waals surface area contributed by atoms with Crippen molar-refractivity contribution in [3.8, 4) is 0 Å². The van der Waals surface area contributed by atoms with Gasteiger partial charge in [-0.15, -0.1) is 0 Å².